The second-order valence-electron chi connectivity index (χ2n) is 5.21. The second-order valence-corrected chi connectivity index (χ2v) is 7.20. The van der Waals surface area contributed by atoms with Crippen LogP contribution in [0.15, 0.2) is 24.3 Å². The highest BCUT2D eigenvalue weighted by atomic mass is 35.5. The van der Waals surface area contributed by atoms with Gasteiger partial charge in [0.1, 0.15) is 0 Å². The molecule has 0 unspecified atom stereocenters. The molecule has 0 radical (unpaired) electrons. The van der Waals surface area contributed by atoms with Crippen LogP contribution in [0.2, 0.25) is 0 Å². The lowest BCUT2D eigenvalue weighted by molar-refractivity contribution is 0.463. The molecule has 17 heavy (non-hydrogen) atoms. The van der Waals surface area contributed by atoms with E-state index in [0.29, 0.717) is 5.69 Å². The fourth-order valence-electron chi connectivity index (χ4n) is 1.51. The van der Waals surface area contributed by atoms with Gasteiger partial charge in [-0.05, 0) is 17.0 Å². The first-order valence-corrected chi connectivity index (χ1v) is 7.56. The molecule has 0 aliphatic carbocycles. The van der Waals surface area contributed by atoms with Crippen LogP contribution in [-0.4, -0.2) is 14.2 Å². The van der Waals surface area contributed by atoms with Crippen LogP contribution in [0.1, 0.15) is 26.3 Å². The van der Waals surface area contributed by atoms with Gasteiger partial charge in [-0.15, -0.1) is 11.6 Å². The molecule has 0 atom stereocenters. The zero-order valence-electron chi connectivity index (χ0n) is 10.3. The molecule has 0 amide bonds. The van der Waals surface area contributed by atoms with E-state index >= 15 is 0 Å². The first-order chi connectivity index (χ1) is 7.73. The van der Waals surface area contributed by atoms with Crippen LogP contribution < -0.4 is 4.72 Å². The fraction of sp³-hybridized carbons (Fsp3) is 0.500. The zero-order chi connectivity index (χ0) is 13.1. The van der Waals surface area contributed by atoms with Crippen molar-refractivity contribution < 1.29 is 8.42 Å². The number of benzene rings is 1. The number of nitrogens with one attached hydrogen (secondary N) is 1. The van der Waals surface area contributed by atoms with Crippen LogP contribution in [-0.2, 0) is 15.9 Å². The van der Waals surface area contributed by atoms with Gasteiger partial charge in [0.15, 0.2) is 0 Å². The number of sulfonamides is 1. The molecule has 5 heteroatoms. The van der Waals surface area contributed by atoms with Gasteiger partial charge in [-0.25, -0.2) is 8.42 Å². The van der Waals surface area contributed by atoms with Gasteiger partial charge in [-0.1, -0.05) is 39.0 Å². The van der Waals surface area contributed by atoms with Crippen molar-refractivity contribution in [2.24, 2.45) is 5.41 Å². The van der Waals surface area contributed by atoms with E-state index in [1.54, 1.807) is 12.1 Å². The van der Waals surface area contributed by atoms with Gasteiger partial charge in [0.2, 0.25) is 10.0 Å². The summed E-state index contributed by atoms with van der Waals surface area (Å²) in [6.45, 7) is 5.67. The Morgan fingerprint density at radius 3 is 2.35 bits per heavy atom. The Morgan fingerprint density at radius 1 is 1.24 bits per heavy atom. The summed E-state index contributed by atoms with van der Waals surface area (Å²) >= 11 is 5.76. The molecule has 3 nitrogen and oxygen atoms in total. The lowest BCUT2D eigenvalue weighted by Gasteiger charge is -2.19. The fourth-order valence-corrected chi connectivity index (χ4v) is 3.49. The van der Waals surface area contributed by atoms with Crippen molar-refractivity contribution in [1.29, 1.82) is 0 Å². The molecule has 0 bridgehead atoms. The molecule has 0 spiro atoms. The molecule has 0 aliphatic heterocycles. The maximum atomic E-state index is 11.9. The number of anilines is 1. The van der Waals surface area contributed by atoms with Gasteiger partial charge in [-0.2, -0.15) is 0 Å². The summed E-state index contributed by atoms with van der Waals surface area (Å²) in [4.78, 5) is 0. The molecule has 1 rings (SSSR count). The Kier molecular flexibility index (Phi) is 4.44. The van der Waals surface area contributed by atoms with Gasteiger partial charge in [0.05, 0.1) is 11.4 Å². The van der Waals surface area contributed by atoms with Gasteiger partial charge < -0.3 is 0 Å². The number of alkyl halides is 1. The summed E-state index contributed by atoms with van der Waals surface area (Å²) < 4.78 is 26.4. The van der Waals surface area contributed by atoms with Crippen LogP contribution in [0.5, 0.6) is 0 Å². The molecule has 0 saturated heterocycles. The van der Waals surface area contributed by atoms with E-state index in [9.17, 15) is 8.42 Å². The smallest absolute Gasteiger partial charge is 0.233 e. The third kappa shape index (κ3) is 4.96. The molecule has 0 heterocycles. The van der Waals surface area contributed by atoms with Crippen molar-refractivity contribution >= 4 is 27.3 Å². The summed E-state index contributed by atoms with van der Waals surface area (Å²) in [5.74, 6) is 0.366. The molecule has 1 aromatic carbocycles. The van der Waals surface area contributed by atoms with Crippen molar-refractivity contribution in [3.05, 3.63) is 29.8 Å². The summed E-state index contributed by atoms with van der Waals surface area (Å²) in [5.41, 5.74) is 1.07. The summed E-state index contributed by atoms with van der Waals surface area (Å²) in [6, 6.07) is 7.14. The first-order valence-electron chi connectivity index (χ1n) is 5.38. The molecular formula is C12H18ClNO2S. The van der Waals surface area contributed by atoms with E-state index < -0.39 is 10.0 Å². The Morgan fingerprint density at radius 2 is 1.82 bits per heavy atom. The van der Waals surface area contributed by atoms with E-state index in [1.165, 1.54) is 0 Å². The minimum absolute atomic E-state index is 0.0800. The van der Waals surface area contributed by atoms with Crippen LogP contribution >= 0.6 is 11.6 Å². The predicted molar refractivity (Wildman–Crippen MR) is 72.9 cm³/mol. The average molecular weight is 276 g/mol. The second kappa shape index (κ2) is 5.27. The number of hydrogen-bond donors (Lipinski definition) is 1. The maximum Gasteiger partial charge on any atom is 0.233 e. The minimum atomic E-state index is -3.33. The van der Waals surface area contributed by atoms with E-state index in [0.717, 1.165) is 5.56 Å². The molecule has 0 aliphatic rings. The maximum absolute atomic E-state index is 11.9. The topological polar surface area (TPSA) is 46.2 Å². The van der Waals surface area contributed by atoms with E-state index in [-0.39, 0.29) is 17.0 Å². The summed E-state index contributed by atoms with van der Waals surface area (Å²) in [7, 11) is -3.33. The molecule has 1 aromatic rings. The highest BCUT2D eigenvalue weighted by molar-refractivity contribution is 7.92. The summed E-state index contributed by atoms with van der Waals surface area (Å²) in [6.07, 6.45) is 0. The van der Waals surface area contributed by atoms with Crippen LogP contribution in [0.4, 0.5) is 5.69 Å². The summed E-state index contributed by atoms with van der Waals surface area (Å²) in [5, 5.41) is 0. The average Bonchev–Trinajstić information content (AvgIpc) is 2.14. The van der Waals surface area contributed by atoms with Gasteiger partial charge in [0, 0.05) is 5.88 Å². The molecule has 0 aromatic heterocycles. The monoisotopic (exact) mass is 275 g/mol. The molecular weight excluding hydrogens is 258 g/mol. The lowest BCUT2D eigenvalue weighted by atomic mass is 10.0. The van der Waals surface area contributed by atoms with Gasteiger partial charge in [0.25, 0.3) is 0 Å². The van der Waals surface area contributed by atoms with Crippen molar-refractivity contribution in [3.8, 4) is 0 Å². The number of halogens is 1. The normalized spacial score (nSPS) is 12.5. The van der Waals surface area contributed by atoms with Crippen molar-refractivity contribution in [1.82, 2.24) is 0 Å². The Labute approximate surface area is 108 Å². The van der Waals surface area contributed by atoms with Crippen LogP contribution in [0, 0.1) is 5.41 Å². The van der Waals surface area contributed by atoms with Crippen LogP contribution in [0.3, 0.4) is 0 Å². The standard InChI is InChI=1S/C12H18ClNO2S/c1-12(2,3)9-17(15,16)14-11-7-5-4-6-10(11)8-13/h4-7,14H,8-9H2,1-3H3. The third-order valence-electron chi connectivity index (χ3n) is 2.05. The van der Waals surface area contributed by atoms with Crippen molar-refractivity contribution in [3.63, 3.8) is 0 Å². The first kappa shape index (κ1) is 14.3. The van der Waals surface area contributed by atoms with Crippen molar-refractivity contribution in [2.75, 3.05) is 10.5 Å². The molecule has 96 valence electrons. The van der Waals surface area contributed by atoms with E-state index in [1.807, 2.05) is 32.9 Å². The molecule has 0 saturated carbocycles. The predicted octanol–water partition coefficient (Wildman–Crippen LogP) is 3.21. The largest absolute Gasteiger partial charge is 0.283 e. The minimum Gasteiger partial charge on any atom is -0.283 e. The highest BCUT2D eigenvalue weighted by Gasteiger charge is 2.22. The van der Waals surface area contributed by atoms with Gasteiger partial charge in [-0.3, -0.25) is 4.72 Å². The zero-order valence-corrected chi connectivity index (χ0v) is 11.9. The van der Waals surface area contributed by atoms with Crippen LogP contribution in [0.25, 0.3) is 0 Å². The Hall–Kier alpha value is -0.740. The Balaban J connectivity index is 2.91. The van der Waals surface area contributed by atoms with E-state index in [2.05, 4.69) is 4.72 Å². The quantitative estimate of drug-likeness (QED) is 0.858. The number of hydrogen-bond acceptors (Lipinski definition) is 2. The van der Waals surface area contributed by atoms with Crippen molar-refractivity contribution in [2.45, 2.75) is 26.7 Å². The third-order valence-corrected chi connectivity index (χ3v) is 4.11. The lowest BCUT2D eigenvalue weighted by Crippen LogP contribution is -2.26. The SMILES string of the molecule is CC(C)(C)CS(=O)(=O)Nc1ccccc1CCl. The number of para-hydroxylation sites is 1. The number of rotatable bonds is 4. The molecule has 0 fully saturated rings. The molecule has 1 N–H and O–H groups in total. The Bertz CT molecular complexity index is 478. The van der Waals surface area contributed by atoms with E-state index in [4.69, 9.17) is 11.6 Å². The highest BCUT2D eigenvalue weighted by Crippen LogP contribution is 2.22. The van der Waals surface area contributed by atoms with Gasteiger partial charge >= 0.3 is 0 Å².